The lowest BCUT2D eigenvalue weighted by Gasteiger charge is -2.10. The third-order valence-corrected chi connectivity index (χ3v) is 5.22. The summed E-state index contributed by atoms with van der Waals surface area (Å²) in [4.78, 5) is 18.2. The van der Waals surface area contributed by atoms with Crippen molar-refractivity contribution in [3.05, 3.63) is 88.9 Å². The van der Waals surface area contributed by atoms with Crippen LogP contribution in [0.1, 0.15) is 20.8 Å². The highest BCUT2D eigenvalue weighted by atomic mass is 32.1. The number of thiazole rings is 1. The van der Waals surface area contributed by atoms with E-state index in [1.807, 2.05) is 60.8 Å². The molecule has 4 rings (SSSR count). The monoisotopic (exact) mass is 374 g/mol. The third kappa shape index (κ3) is 3.83. The number of rotatable bonds is 5. The summed E-state index contributed by atoms with van der Waals surface area (Å²) >= 11 is 1.48. The number of fused-ring (bicyclic) bond motifs is 1. The van der Waals surface area contributed by atoms with Crippen molar-refractivity contribution in [3.8, 4) is 5.75 Å². The molecule has 1 aromatic heterocycles. The predicted octanol–water partition coefficient (Wildman–Crippen LogP) is 5.15. The van der Waals surface area contributed by atoms with Gasteiger partial charge in [-0.15, -0.1) is 11.3 Å². The second-order valence-electron chi connectivity index (χ2n) is 6.15. The summed E-state index contributed by atoms with van der Waals surface area (Å²) in [5.41, 5.74) is 1.71. The first-order valence-electron chi connectivity index (χ1n) is 8.60. The van der Waals surface area contributed by atoms with Crippen molar-refractivity contribution in [2.45, 2.75) is 6.42 Å². The number of amides is 1. The summed E-state index contributed by atoms with van der Waals surface area (Å²) in [6.07, 6.45) is 2.61. The fourth-order valence-electron chi connectivity index (χ4n) is 2.97. The van der Waals surface area contributed by atoms with Crippen molar-refractivity contribution in [1.29, 1.82) is 0 Å². The molecule has 0 aliphatic carbocycles. The van der Waals surface area contributed by atoms with Gasteiger partial charge in [-0.05, 0) is 28.5 Å². The SMILES string of the molecule is COc1cc2ccccc2cc1C(=O)Nc1ncc(Cc2ccccc2)s1. The van der Waals surface area contributed by atoms with Crippen LogP contribution in [0.25, 0.3) is 10.8 Å². The Morgan fingerprint density at radius 3 is 2.48 bits per heavy atom. The quantitative estimate of drug-likeness (QED) is 0.526. The van der Waals surface area contributed by atoms with Crippen LogP contribution in [0, 0.1) is 0 Å². The highest BCUT2D eigenvalue weighted by Crippen LogP contribution is 2.28. The summed E-state index contributed by atoms with van der Waals surface area (Å²) in [6, 6.07) is 21.8. The molecule has 27 heavy (non-hydrogen) atoms. The average Bonchev–Trinajstić information content (AvgIpc) is 3.14. The van der Waals surface area contributed by atoms with Crippen LogP contribution < -0.4 is 10.1 Å². The first kappa shape index (κ1) is 17.2. The number of nitrogens with one attached hydrogen (secondary N) is 1. The van der Waals surface area contributed by atoms with Crippen molar-refractivity contribution in [3.63, 3.8) is 0 Å². The van der Waals surface area contributed by atoms with E-state index in [2.05, 4.69) is 22.4 Å². The van der Waals surface area contributed by atoms with E-state index in [0.717, 1.165) is 22.1 Å². The van der Waals surface area contributed by atoms with Crippen LogP contribution in [-0.2, 0) is 6.42 Å². The molecule has 0 atom stereocenters. The van der Waals surface area contributed by atoms with Gasteiger partial charge in [0.1, 0.15) is 5.75 Å². The average molecular weight is 374 g/mol. The molecule has 5 heteroatoms. The standard InChI is InChI=1S/C22H18N2O2S/c1-26-20-13-17-10-6-5-9-16(17)12-19(20)21(25)24-22-23-14-18(27-22)11-15-7-3-2-4-8-15/h2-10,12-14H,11H2,1H3,(H,23,24,25). The Labute approximate surface area is 161 Å². The topological polar surface area (TPSA) is 51.2 Å². The van der Waals surface area contributed by atoms with Crippen molar-refractivity contribution >= 4 is 33.1 Å². The number of anilines is 1. The van der Waals surface area contributed by atoms with E-state index >= 15 is 0 Å². The van der Waals surface area contributed by atoms with Crippen molar-refractivity contribution in [1.82, 2.24) is 4.98 Å². The molecule has 1 N–H and O–H groups in total. The van der Waals surface area contributed by atoms with Crippen LogP contribution in [0.15, 0.2) is 72.9 Å². The van der Waals surface area contributed by atoms with Crippen molar-refractivity contribution in [2.24, 2.45) is 0 Å². The molecule has 0 fully saturated rings. The molecule has 4 aromatic rings. The highest BCUT2D eigenvalue weighted by molar-refractivity contribution is 7.15. The van der Waals surface area contributed by atoms with E-state index in [0.29, 0.717) is 16.4 Å². The fraction of sp³-hybridized carbons (Fsp3) is 0.0909. The van der Waals surface area contributed by atoms with E-state index in [9.17, 15) is 4.79 Å². The van der Waals surface area contributed by atoms with Gasteiger partial charge in [0.2, 0.25) is 0 Å². The molecule has 0 spiro atoms. The Morgan fingerprint density at radius 2 is 1.74 bits per heavy atom. The fourth-order valence-corrected chi connectivity index (χ4v) is 3.82. The normalized spacial score (nSPS) is 10.7. The number of methoxy groups -OCH3 is 1. The first-order chi connectivity index (χ1) is 13.2. The maximum absolute atomic E-state index is 12.8. The molecule has 0 unspecified atom stereocenters. The smallest absolute Gasteiger partial charge is 0.261 e. The van der Waals surface area contributed by atoms with E-state index in [-0.39, 0.29) is 5.91 Å². The highest BCUT2D eigenvalue weighted by Gasteiger charge is 2.15. The van der Waals surface area contributed by atoms with Crippen LogP contribution in [0.4, 0.5) is 5.13 Å². The number of carbonyl (C=O) groups excluding carboxylic acids is 1. The Balaban J connectivity index is 1.55. The molecule has 3 aromatic carbocycles. The second kappa shape index (κ2) is 7.60. The Morgan fingerprint density at radius 1 is 1.04 bits per heavy atom. The summed E-state index contributed by atoms with van der Waals surface area (Å²) in [7, 11) is 1.57. The number of hydrogen-bond acceptors (Lipinski definition) is 4. The lowest BCUT2D eigenvalue weighted by atomic mass is 10.1. The molecule has 1 amide bonds. The summed E-state index contributed by atoms with van der Waals surface area (Å²) in [5.74, 6) is 0.325. The van der Waals surface area contributed by atoms with Crippen LogP contribution >= 0.6 is 11.3 Å². The van der Waals surface area contributed by atoms with Crippen LogP contribution in [0.2, 0.25) is 0 Å². The minimum atomic E-state index is -0.224. The van der Waals surface area contributed by atoms with E-state index in [1.54, 1.807) is 7.11 Å². The number of hydrogen-bond donors (Lipinski definition) is 1. The van der Waals surface area contributed by atoms with Gasteiger partial charge < -0.3 is 4.74 Å². The van der Waals surface area contributed by atoms with Gasteiger partial charge in [-0.2, -0.15) is 0 Å². The van der Waals surface area contributed by atoms with Gasteiger partial charge in [0.25, 0.3) is 5.91 Å². The van der Waals surface area contributed by atoms with Gasteiger partial charge in [0, 0.05) is 17.5 Å². The molecular formula is C22H18N2O2S. The zero-order chi connectivity index (χ0) is 18.6. The van der Waals surface area contributed by atoms with Gasteiger partial charge in [-0.1, -0.05) is 54.6 Å². The minimum Gasteiger partial charge on any atom is -0.496 e. The molecule has 0 saturated carbocycles. The summed E-state index contributed by atoms with van der Waals surface area (Å²) < 4.78 is 5.42. The molecular weight excluding hydrogens is 356 g/mol. The van der Waals surface area contributed by atoms with Gasteiger partial charge in [-0.25, -0.2) is 4.98 Å². The van der Waals surface area contributed by atoms with Gasteiger partial charge >= 0.3 is 0 Å². The van der Waals surface area contributed by atoms with Crippen LogP contribution in [0.3, 0.4) is 0 Å². The maximum atomic E-state index is 12.8. The Bertz CT molecular complexity index is 1090. The number of benzene rings is 3. The minimum absolute atomic E-state index is 0.224. The van der Waals surface area contributed by atoms with Crippen molar-refractivity contribution in [2.75, 3.05) is 12.4 Å². The summed E-state index contributed by atoms with van der Waals surface area (Å²) in [5, 5.41) is 5.50. The van der Waals surface area contributed by atoms with Crippen LogP contribution in [0.5, 0.6) is 5.75 Å². The first-order valence-corrected chi connectivity index (χ1v) is 9.41. The largest absolute Gasteiger partial charge is 0.496 e. The number of ether oxygens (including phenoxy) is 1. The van der Waals surface area contributed by atoms with E-state index < -0.39 is 0 Å². The molecule has 0 radical (unpaired) electrons. The molecule has 0 bridgehead atoms. The van der Waals surface area contributed by atoms with Gasteiger partial charge in [-0.3, -0.25) is 10.1 Å². The van der Waals surface area contributed by atoms with E-state index in [4.69, 9.17) is 4.74 Å². The Hall–Kier alpha value is -3.18. The van der Waals surface area contributed by atoms with Crippen molar-refractivity contribution < 1.29 is 9.53 Å². The lowest BCUT2D eigenvalue weighted by Crippen LogP contribution is -2.13. The third-order valence-electron chi connectivity index (χ3n) is 4.31. The van der Waals surface area contributed by atoms with Gasteiger partial charge in [0.15, 0.2) is 5.13 Å². The summed E-state index contributed by atoms with van der Waals surface area (Å²) in [6.45, 7) is 0. The lowest BCUT2D eigenvalue weighted by molar-refractivity contribution is 0.102. The number of carbonyl (C=O) groups is 1. The molecule has 0 aliphatic rings. The van der Waals surface area contributed by atoms with Crippen LogP contribution in [-0.4, -0.2) is 18.0 Å². The molecule has 4 nitrogen and oxygen atoms in total. The molecule has 0 saturated heterocycles. The second-order valence-corrected chi connectivity index (χ2v) is 7.26. The zero-order valence-corrected chi connectivity index (χ0v) is 15.6. The van der Waals surface area contributed by atoms with Gasteiger partial charge in [0.05, 0.1) is 12.7 Å². The molecule has 134 valence electrons. The number of aromatic nitrogens is 1. The van der Waals surface area contributed by atoms with E-state index in [1.165, 1.54) is 16.9 Å². The molecule has 0 aliphatic heterocycles. The Kier molecular flexibility index (Phi) is 4.85. The maximum Gasteiger partial charge on any atom is 0.261 e. The molecule has 1 heterocycles. The predicted molar refractivity (Wildman–Crippen MR) is 110 cm³/mol. The number of nitrogens with zero attached hydrogens (tertiary/aromatic N) is 1. The zero-order valence-electron chi connectivity index (χ0n) is 14.8.